The van der Waals surface area contributed by atoms with Gasteiger partial charge in [-0.2, -0.15) is 0 Å². The summed E-state index contributed by atoms with van der Waals surface area (Å²) in [6, 6.07) is 0. The zero-order chi connectivity index (χ0) is 11.4. The highest BCUT2D eigenvalue weighted by molar-refractivity contribution is 5.72. The molecule has 0 N–H and O–H groups in total. The van der Waals surface area contributed by atoms with Crippen LogP contribution < -0.4 is 0 Å². The number of carbonyl (C=O) groups excluding carboxylic acids is 1. The van der Waals surface area contributed by atoms with Crippen LogP contribution in [-0.4, -0.2) is 12.6 Å². The number of hydrogen-bond acceptors (Lipinski definition) is 2. The quantitative estimate of drug-likeness (QED) is 0.527. The first-order chi connectivity index (χ1) is 7.81. The van der Waals surface area contributed by atoms with E-state index in [2.05, 4.69) is 6.92 Å². The lowest BCUT2D eigenvalue weighted by Crippen LogP contribution is -2.16. The van der Waals surface area contributed by atoms with Crippen LogP contribution in [0.3, 0.4) is 0 Å². The molecule has 2 heteroatoms. The highest BCUT2D eigenvalue weighted by Crippen LogP contribution is 2.46. The molecule has 92 valence electrons. The van der Waals surface area contributed by atoms with Gasteiger partial charge in [-0.3, -0.25) is 4.79 Å². The molecule has 0 bridgehead atoms. The van der Waals surface area contributed by atoms with E-state index in [4.69, 9.17) is 4.74 Å². The number of hydrogen-bond donors (Lipinski definition) is 0. The summed E-state index contributed by atoms with van der Waals surface area (Å²) in [6.45, 7) is 2.80. The maximum absolute atomic E-state index is 11.8. The van der Waals surface area contributed by atoms with Gasteiger partial charge in [-0.25, -0.2) is 0 Å². The molecule has 2 nitrogen and oxygen atoms in total. The van der Waals surface area contributed by atoms with E-state index < -0.39 is 0 Å². The van der Waals surface area contributed by atoms with Crippen molar-refractivity contribution in [3.63, 3.8) is 0 Å². The van der Waals surface area contributed by atoms with Crippen molar-refractivity contribution in [3.8, 4) is 0 Å². The smallest absolute Gasteiger partial charge is 0.308 e. The topological polar surface area (TPSA) is 26.3 Å². The Bertz CT molecular complexity index is 225. The number of carbonyl (C=O) groups is 1. The highest BCUT2D eigenvalue weighted by Gasteiger charge is 2.40. The van der Waals surface area contributed by atoms with Crippen molar-refractivity contribution >= 4 is 5.97 Å². The second-order valence-corrected chi connectivity index (χ2v) is 5.49. The lowest BCUT2D eigenvalue weighted by molar-refractivity contribution is -0.148. The van der Waals surface area contributed by atoms with Crippen LogP contribution in [0, 0.1) is 17.8 Å². The second-order valence-electron chi connectivity index (χ2n) is 5.49. The largest absolute Gasteiger partial charge is 0.465 e. The molecular formula is C14H24O2. The van der Waals surface area contributed by atoms with Gasteiger partial charge >= 0.3 is 5.97 Å². The van der Waals surface area contributed by atoms with Crippen molar-refractivity contribution in [3.05, 3.63) is 0 Å². The normalized spacial score (nSPS) is 32.7. The van der Waals surface area contributed by atoms with Crippen molar-refractivity contribution in [2.24, 2.45) is 17.8 Å². The summed E-state index contributed by atoms with van der Waals surface area (Å²) in [6.07, 6.45) is 9.69. The van der Waals surface area contributed by atoms with E-state index in [0.717, 1.165) is 31.1 Å². The molecule has 0 amide bonds. The Hall–Kier alpha value is -0.530. The summed E-state index contributed by atoms with van der Waals surface area (Å²) in [5.41, 5.74) is 0. The third-order valence-corrected chi connectivity index (χ3v) is 4.32. The van der Waals surface area contributed by atoms with Gasteiger partial charge in [0.2, 0.25) is 0 Å². The van der Waals surface area contributed by atoms with E-state index in [-0.39, 0.29) is 11.9 Å². The number of esters is 1. The van der Waals surface area contributed by atoms with Crippen LogP contribution in [0.2, 0.25) is 0 Å². The first-order valence-corrected chi connectivity index (χ1v) is 6.98. The molecule has 0 spiro atoms. The maximum atomic E-state index is 11.8. The molecule has 3 atom stereocenters. The molecule has 0 heterocycles. The summed E-state index contributed by atoms with van der Waals surface area (Å²) in [5, 5.41) is 0. The minimum Gasteiger partial charge on any atom is -0.465 e. The SMILES string of the molecule is CCCCCOC(=O)C1C[C@H]2CCC[C@H]2C1. The van der Waals surface area contributed by atoms with Crippen LogP contribution in [0.25, 0.3) is 0 Å². The fourth-order valence-electron chi connectivity index (χ4n) is 3.40. The van der Waals surface area contributed by atoms with Gasteiger partial charge in [-0.1, -0.05) is 39.0 Å². The molecule has 2 aliphatic rings. The van der Waals surface area contributed by atoms with E-state index in [0.29, 0.717) is 6.61 Å². The summed E-state index contributed by atoms with van der Waals surface area (Å²) < 4.78 is 5.35. The molecule has 2 aliphatic carbocycles. The summed E-state index contributed by atoms with van der Waals surface area (Å²) in [4.78, 5) is 11.8. The molecule has 16 heavy (non-hydrogen) atoms. The fraction of sp³-hybridized carbons (Fsp3) is 0.929. The number of unbranched alkanes of at least 4 members (excludes halogenated alkanes) is 2. The minimum atomic E-state index is 0.0884. The van der Waals surface area contributed by atoms with E-state index in [9.17, 15) is 4.79 Å². The Labute approximate surface area is 98.7 Å². The summed E-state index contributed by atoms with van der Waals surface area (Å²) in [7, 11) is 0. The first kappa shape index (κ1) is 11.9. The van der Waals surface area contributed by atoms with E-state index in [1.165, 1.54) is 32.1 Å². The number of rotatable bonds is 5. The predicted octanol–water partition coefficient (Wildman–Crippen LogP) is 3.55. The van der Waals surface area contributed by atoms with Gasteiger partial charge in [-0.05, 0) is 31.1 Å². The first-order valence-electron chi connectivity index (χ1n) is 6.98. The van der Waals surface area contributed by atoms with Gasteiger partial charge in [0, 0.05) is 0 Å². The zero-order valence-electron chi connectivity index (χ0n) is 10.4. The number of fused-ring (bicyclic) bond motifs is 1. The molecule has 0 saturated heterocycles. The Kier molecular flexibility index (Phi) is 4.25. The molecule has 1 unspecified atom stereocenters. The third-order valence-electron chi connectivity index (χ3n) is 4.32. The van der Waals surface area contributed by atoms with Crippen LogP contribution in [0.1, 0.15) is 58.3 Å². The average molecular weight is 224 g/mol. The number of ether oxygens (including phenoxy) is 1. The average Bonchev–Trinajstić information content (AvgIpc) is 2.83. The Morgan fingerprint density at radius 3 is 2.50 bits per heavy atom. The van der Waals surface area contributed by atoms with E-state index >= 15 is 0 Å². The third kappa shape index (κ3) is 2.78. The summed E-state index contributed by atoms with van der Waals surface area (Å²) >= 11 is 0. The van der Waals surface area contributed by atoms with Crippen LogP contribution in [0.15, 0.2) is 0 Å². The highest BCUT2D eigenvalue weighted by atomic mass is 16.5. The lowest BCUT2D eigenvalue weighted by Gasteiger charge is -2.10. The molecule has 0 aliphatic heterocycles. The molecule has 0 aromatic rings. The van der Waals surface area contributed by atoms with Crippen molar-refractivity contribution < 1.29 is 9.53 Å². The van der Waals surface area contributed by atoms with Gasteiger partial charge in [0.1, 0.15) is 0 Å². The van der Waals surface area contributed by atoms with Crippen molar-refractivity contribution in [2.45, 2.75) is 58.3 Å². The molecule has 0 radical (unpaired) electrons. The van der Waals surface area contributed by atoms with Crippen molar-refractivity contribution in [1.29, 1.82) is 0 Å². The van der Waals surface area contributed by atoms with Crippen molar-refractivity contribution in [1.82, 2.24) is 0 Å². The van der Waals surface area contributed by atoms with Crippen LogP contribution in [-0.2, 0) is 9.53 Å². The molecule has 0 aromatic heterocycles. The summed E-state index contributed by atoms with van der Waals surface area (Å²) in [5.74, 6) is 2.00. The zero-order valence-corrected chi connectivity index (χ0v) is 10.4. The maximum Gasteiger partial charge on any atom is 0.308 e. The van der Waals surface area contributed by atoms with Gasteiger partial charge in [0.25, 0.3) is 0 Å². The molecule has 2 saturated carbocycles. The van der Waals surface area contributed by atoms with Crippen LogP contribution in [0.5, 0.6) is 0 Å². The Morgan fingerprint density at radius 2 is 1.88 bits per heavy atom. The Morgan fingerprint density at radius 1 is 1.19 bits per heavy atom. The van der Waals surface area contributed by atoms with Gasteiger partial charge in [0.05, 0.1) is 12.5 Å². The van der Waals surface area contributed by atoms with Crippen LogP contribution in [0.4, 0.5) is 0 Å². The Balaban J connectivity index is 1.66. The lowest BCUT2D eigenvalue weighted by atomic mass is 10.0. The molecule has 0 aromatic carbocycles. The van der Waals surface area contributed by atoms with E-state index in [1.807, 2.05) is 0 Å². The van der Waals surface area contributed by atoms with E-state index in [1.54, 1.807) is 0 Å². The van der Waals surface area contributed by atoms with Crippen LogP contribution >= 0.6 is 0 Å². The van der Waals surface area contributed by atoms with Gasteiger partial charge in [0.15, 0.2) is 0 Å². The molecule has 2 rings (SSSR count). The minimum absolute atomic E-state index is 0.0884. The van der Waals surface area contributed by atoms with Gasteiger partial charge in [-0.15, -0.1) is 0 Å². The monoisotopic (exact) mass is 224 g/mol. The van der Waals surface area contributed by atoms with Crippen molar-refractivity contribution in [2.75, 3.05) is 6.61 Å². The second kappa shape index (κ2) is 5.70. The molecule has 2 fully saturated rings. The fourth-order valence-corrected chi connectivity index (χ4v) is 3.40. The standard InChI is InChI=1S/C14H24O2/c1-2-3-4-8-16-14(15)13-9-11-6-5-7-12(11)10-13/h11-13H,2-10H2,1H3/t11-,12+,13?. The molecular weight excluding hydrogens is 200 g/mol. The predicted molar refractivity (Wildman–Crippen MR) is 64.0 cm³/mol. The van der Waals surface area contributed by atoms with Gasteiger partial charge < -0.3 is 4.74 Å².